The maximum absolute atomic E-state index is 13.5. The van der Waals surface area contributed by atoms with Crippen LogP contribution < -0.4 is 0 Å². The van der Waals surface area contributed by atoms with Gasteiger partial charge in [0.05, 0.1) is 37.7 Å². The lowest BCUT2D eigenvalue weighted by atomic mass is 9.69. The molecule has 2 N–H and O–H groups in total. The van der Waals surface area contributed by atoms with Crippen LogP contribution in [0.5, 0.6) is 5.75 Å². The Labute approximate surface area is 238 Å². The molecule has 40 heavy (non-hydrogen) atoms. The molecule has 7 heteroatoms. The minimum Gasteiger partial charge on any atom is -0.507 e. The second kappa shape index (κ2) is 11.3. The Morgan fingerprint density at radius 3 is 2.62 bits per heavy atom. The molecule has 1 aliphatic carbocycles. The average Bonchev–Trinajstić information content (AvgIpc) is 3.69. The summed E-state index contributed by atoms with van der Waals surface area (Å²) in [6.45, 7) is 2.79. The number of aliphatic hydroxyl groups excluding tert-OH is 1. The summed E-state index contributed by atoms with van der Waals surface area (Å²) in [6.07, 6.45) is 6.05. The number of aromatic hydroxyl groups is 1. The van der Waals surface area contributed by atoms with Crippen molar-refractivity contribution in [2.75, 3.05) is 13.2 Å². The Hall–Kier alpha value is -3.26. The Balaban J connectivity index is 1.23. The van der Waals surface area contributed by atoms with Gasteiger partial charge in [0.1, 0.15) is 5.75 Å². The van der Waals surface area contributed by atoms with Crippen molar-refractivity contribution in [3.05, 3.63) is 81.1 Å². The second-order valence-electron chi connectivity index (χ2n) is 11.1. The Morgan fingerprint density at radius 1 is 1.05 bits per heavy atom. The first-order valence-corrected chi connectivity index (χ1v) is 15.1. The molecule has 0 radical (unpaired) electrons. The number of hydrogen-bond acceptors (Lipinski definition) is 6. The summed E-state index contributed by atoms with van der Waals surface area (Å²) in [5, 5.41) is 24.5. The van der Waals surface area contributed by atoms with Crippen molar-refractivity contribution in [3.8, 4) is 5.75 Å². The van der Waals surface area contributed by atoms with Gasteiger partial charge in [0.25, 0.3) is 0 Å². The summed E-state index contributed by atoms with van der Waals surface area (Å²) >= 11 is 1.55. The summed E-state index contributed by atoms with van der Waals surface area (Å²) in [4.78, 5) is 29.3. The van der Waals surface area contributed by atoms with E-state index in [-0.39, 0.29) is 36.2 Å². The van der Waals surface area contributed by atoms with Gasteiger partial charge in [-0.25, -0.2) is 0 Å². The highest BCUT2D eigenvalue weighted by molar-refractivity contribution is 7.09. The van der Waals surface area contributed by atoms with Crippen LogP contribution in [0, 0.1) is 17.8 Å². The second-order valence-corrected chi connectivity index (χ2v) is 12.2. The number of aliphatic hydroxyl groups is 1. The van der Waals surface area contributed by atoms with E-state index in [0.717, 1.165) is 58.0 Å². The lowest BCUT2D eigenvalue weighted by Gasteiger charge is -2.31. The van der Waals surface area contributed by atoms with Gasteiger partial charge in [-0.05, 0) is 65.3 Å². The number of hydrogen-bond donors (Lipinski definition) is 2. The van der Waals surface area contributed by atoms with E-state index in [1.807, 2.05) is 47.8 Å². The van der Waals surface area contributed by atoms with Crippen molar-refractivity contribution in [2.24, 2.45) is 17.8 Å². The Morgan fingerprint density at radius 2 is 1.88 bits per heavy atom. The van der Waals surface area contributed by atoms with E-state index >= 15 is 0 Å². The van der Waals surface area contributed by atoms with Gasteiger partial charge in [0.2, 0.25) is 11.8 Å². The molecule has 208 valence electrons. The van der Waals surface area contributed by atoms with Crippen molar-refractivity contribution in [1.82, 2.24) is 4.90 Å². The van der Waals surface area contributed by atoms with E-state index in [4.69, 9.17) is 4.74 Å². The van der Waals surface area contributed by atoms with Crippen molar-refractivity contribution in [1.29, 1.82) is 0 Å². The molecule has 2 fully saturated rings. The summed E-state index contributed by atoms with van der Waals surface area (Å²) in [5.74, 6) is -0.914. The lowest BCUT2D eigenvalue weighted by molar-refractivity contribution is -0.140. The molecule has 0 bridgehead atoms. The van der Waals surface area contributed by atoms with Crippen LogP contribution in [0.1, 0.15) is 49.5 Å². The highest BCUT2D eigenvalue weighted by Gasteiger charge is 2.56. The smallest absolute Gasteiger partial charge is 0.234 e. The first-order chi connectivity index (χ1) is 19.5. The number of imide groups is 1. The van der Waals surface area contributed by atoms with Gasteiger partial charge < -0.3 is 14.9 Å². The molecular formula is C33H35NO5S. The molecule has 2 saturated heterocycles. The highest BCUT2D eigenvalue weighted by Crippen LogP contribution is 2.50. The third-order valence-corrected chi connectivity index (χ3v) is 9.64. The number of ether oxygens (including phenoxy) is 1. The van der Waals surface area contributed by atoms with E-state index in [2.05, 4.69) is 13.0 Å². The number of benzene rings is 2. The number of likely N-dealkylation sites (tertiary alicyclic amines) is 1. The standard InChI is InChI=1S/C33H35NO5S/c1-2-6-20(15-21-11-12-28(36)25-9-4-3-8-24(21)25)10-13-29-30-22(18-35)16-26-31(27(30)19-39-29)33(38)34(32(26)37)17-23-7-5-14-40-23/h3-5,7-9,11-12,14-15,26-27,29,31,35-36H,2,6,10,13,16-19H2,1H3/b20-15+/t26-,27+,29-,31-/m1/s1. The largest absolute Gasteiger partial charge is 0.507 e. The van der Waals surface area contributed by atoms with E-state index in [1.165, 1.54) is 10.5 Å². The van der Waals surface area contributed by atoms with Gasteiger partial charge in [-0.1, -0.05) is 61.4 Å². The van der Waals surface area contributed by atoms with Crippen molar-refractivity contribution in [2.45, 2.75) is 51.7 Å². The summed E-state index contributed by atoms with van der Waals surface area (Å²) < 4.78 is 6.32. The predicted molar refractivity (Wildman–Crippen MR) is 157 cm³/mol. The van der Waals surface area contributed by atoms with Gasteiger partial charge >= 0.3 is 0 Å². The third-order valence-electron chi connectivity index (χ3n) is 8.78. The average molecular weight is 558 g/mol. The van der Waals surface area contributed by atoms with Gasteiger partial charge in [0.15, 0.2) is 0 Å². The molecule has 6 rings (SSSR count). The molecule has 0 saturated carbocycles. The molecule has 4 atom stereocenters. The van der Waals surface area contributed by atoms with E-state index in [9.17, 15) is 19.8 Å². The summed E-state index contributed by atoms with van der Waals surface area (Å²) in [5.41, 5.74) is 4.31. The van der Waals surface area contributed by atoms with Gasteiger partial charge in [0, 0.05) is 16.2 Å². The van der Waals surface area contributed by atoms with Crippen LogP contribution in [0.25, 0.3) is 16.8 Å². The molecule has 2 aliphatic heterocycles. The third kappa shape index (κ3) is 4.80. The summed E-state index contributed by atoms with van der Waals surface area (Å²) in [7, 11) is 0. The molecular weight excluding hydrogens is 522 g/mol. The molecule has 0 unspecified atom stereocenters. The fourth-order valence-electron chi connectivity index (χ4n) is 6.96. The van der Waals surface area contributed by atoms with Gasteiger partial charge in [-0.3, -0.25) is 14.5 Å². The number of allylic oxidation sites excluding steroid dienone is 1. The quantitative estimate of drug-likeness (QED) is 0.246. The molecule has 1 aromatic heterocycles. The first-order valence-electron chi connectivity index (χ1n) is 14.2. The molecule has 2 aromatic carbocycles. The Bertz CT molecular complexity index is 1490. The molecule has 3 heterocycles. The number of amides is 2. The fraction of sp³-hybridized carbons (Fsp3) is 0.394. The maximum atomic E-state index is 13.5. The first kappa shape index (κ1) is 26.9. The molecule has 0 spiro atoms. The number of nitrogens with zero attached hydrogens (tertiary/aromatic N) is 1. The van der Waals surface area contributed by atoms with Crippen molar-refractivity contribution >= 4 is 40.0 Å². The van der Waals surface area contributed by atoms with Crippen LogP contribution in [0.4, 0.5) is 0 Å². The summed E-state index contributed by atoms with van der Waals surface area (Å²) in [6, 6.07) is 15.5. The van der Waals surface area contributed by atoms with E-state index < -0.39 is 11.8 Å². The van der Waals surface area contributed by atoms with Crippen molar-refractivity contribution < 1.29 is 24.5 Å². The SMILES string of the molecule is CCC/C(=C\c1ccc(O)c2ccccc12)CC[C@H]1OC[C@H]2C1=C(CO)C[C@H]1C(=O)N(Cc3cccs3)C(=O)[C@H]12. The molecule has 2 amide bonds. The van der Waals surface area contributed by atoms with E-state index in [1.54, 1.807) is 17.4 Å². The Kier molecular flexibility index (Phi) is 7.62. The molecule has 3 aliphatic rings. The monoisotopic (exact) mass is 557 g/mol. The van der Waals surface area contributed by atoms with Crippen LogP contribution in [0.3, 0.4) is 0 Å². The van der Waals surface area contributed by atoms with E-state index in [0.29, 0.717) is 19.6 Å². The fourth-order valence-corrected chi connectivity index (χ4v) is 7.65. The van der Waals surface area contributed by atoms with Gasteiger partial charge in [-0.15, -0.1) is 11.3 Å². The number of thiophene rings is 1. The van der Waals surface area contributed by atoms with Crippen LogP contribution >= 0.6 is 11.3 Å². The zero-order chi connectivity index (χ0) is 27.8. The zero-order valence-electron chi connectivity index (χ0n) is 22.7. The molecule has 3 aromatic rings. The zero-order valence-corrected chi connectivity index (χ0v) is 23.5. The lowest BCUT2D eigenvalue weighted by Crippen LogP contribution is -2.34. The minimum atomic E-state index is -0.413. The molecule has 6 nitrogen and oxygen atoms in total. The van der Waals surface area contributed by atoms with Crippen LogP contribution in [0.15, 0.2) is 70.6 Å². The number of phenols is 1. The number of carbonyl (C=O) groups is 2. The van der Waals surface area contributed by atoms with Gasteiger partial charge in [-0.2, -0.15) is 0 Å². The topological polar surface area (TPSA) is 87.1 Å². The number of phenolic OH excluding ortho intramolecular Hbond substituents is 1. The van der Waals surface area contributed by atoms with Crippen LogP contribution in [-0.4, -0.2) is 46.2 Å². The number of fused-ring (bicyclic) bond motifs is 4. The van der Waals surface area contributed by atoms with Crippen molar-refractivity contribution in [3.63, 3.8) is 0 Å². The van der Waals surface area contributed by atoms with Crippen LogP contribution in [0.2, 0.25) is 0 Å². The maximum Gasteiger partial charge on any atom is 0.234 e. The van der Waals surface area contributed by atoms with Crippen LogP contribution in [-0.2, 0) is 20.9 Å². The predicted octanol–water partition coefficient (Wildman–Crippen LogP) is 6.08. The number of carbonyl (C=O) groups excluding carboxylic acids is 2. The normalized spacial score (nSPS) is 24.8. The minimum absolute atomic E-state index is 0.0992. The number of rotatable bonds is 9. The highest BCUT2D eigenvalue weighted by atomic mass is 32.1.